The van der Waals surface area contributed by atoms with Crippen LogP contribution in [-0.2, 0) is 6.54 Å². The van der Waals surface area contributed by atoms with E-state index in [1.807, 2.05) is 12.1 Å². The molecular formula is C21H23N3O3. The van der Waals surface area contributed by atoms with E-state index >= 15 is 0 Å². The summed E-state index contributed by atoms with van der Waals surface area (Å²) in [6, 6.07) is 5.20. The van der Waals surface area contributed by atoms with E-state index < -0.39 is 0 Å². The lowest BCUT2D eigenvalue weighted by Crippen LogP contribution is -3.13. The molecule has 3 heterocycles. The SMILES string of the molecule is Cc1cc([O-])c(C[NH+]2CCN(C)CC2)c2c1C(=O)C(=Cc1ccncc1)O2. The normalized spacial score (nSPS) is 19.3. The van der Waals surface area contributed by atoms with Gasteiger partial charge in [-0.3, -0.25) is 14.7 Å². The highest BCUT2D eigenvalue weighted by Crippen LogP contribution is 2.40. The molecule has 6 nitrogen and oxygen atoms in total. The van der Waals surface area contributed by atoms with Crippen LogP contribution in [0.5, 0.6) is 11.5 Å². The number of nitrogens with one attached hydrogen (secondary N) is 1. The average Bonchev–Trinajstić information content (AvgIpc) is 2.98. The van der Waals surface area contributed by atoms with Crippen molar-refractivity contribution in [1.82, 2.24) is 9.88 Å². The van der Waals surface area contributed by atoms with Crippen molar-refractivity contribution < 1.29 is 19.5 Å². The van der Waals surface area contributed by atoms with Gasteiger partial charge in [-0.05, 0) is 43.3 Å². The summed E-state index contributed by atoms with van der Waals surface area (Å²) in [7, 11) is 2.11. The standard InChI is InChI=1S/C21H23N3O3/c1-14-11-17(25)16(13-24-9-7-23(2)8-10-24)21-19(14)20(26)18(27-21)12-15-3-5-22-6-4-15/h3-6,11-12,25H,7-10,13H2,1-2H3. The number of ketones is 1. The van der Waals surface area contributed by atoms with Gasteiger partial charge in [0, 0.05) is 31.0 Å². The zero-order chi connectivity index (χ0) is 19.0. The smallest absolute Gasteiger partial charge is 0.232 e. The molecule has 2 aliphatic rings. The minimum Gasteiger partial charge on any atom is -0.872 e. The van der Waals surface area contributed by atoms with Crippen LogP contribution in [0.2, 0.25) is 0 Å². The van der Waals surface area contributed by atoms with E-state index in [2.05, 4.69) is 16.9 Å². The van der Waals surface area contributed by atoms with E-state index in [0.29, 0.717) is 29.0 Å². The summed E-state index contributed by atoms with van der Waals surface area (Å²) in [5.74, 6) is 0.515. The molecule has 1 saturated heterocycles. The van der Waals surface area contributed by atoms with Gasteiger partial charge in [-0.15, -0.1) is 0 Å². The van der Waals surface area contributed by atoms with Gasteiger partial charge in [0.05, 0.1) is 18.7 Å². The number of quaternary nitrogens is 1. The number of Topliss-reactive ketones (excluding diaryl/α,β-unsaturated/α-hetero) is 1. The van der Waals surface area contributed by atoms with E-state index in [1.165, 1.54) is 4.90 Å². The summed E-state index contributed by atoms with van der Waals surface area (Å²) in [4.78, 5) is 20.5. The molecular weight excluding hydrogens is 342 g/mol. The molecule has 1 aromatic carbocycles. The lowest BCUT2D eigenvalue weighted by atomic mass is 9.99. The Balaban J connectivity index is 1.67. The third-order valence-electron chi connectivity index (χ3n) is 5.33. The van der Waals surface area contributed by atoms with E-state index in [0.717, 1.165) is 31.7 Å². The van der Waals surface area contributed by atoms with Gasteiger partial charge in [0.1, 0.15) is 12.3 Å². The average molecular weight is 365 g/mol. The number of aromatic nitrogens is 1. The molecule has 4 rings (SSSR count). The second-order valence-corrected chi connectivity index (χ2v) is 7.32. The number of carbonyl (C=O) groups excluding carboxylic acids is 1. The Morgan fingerprint density at radius 3 is 2.70 bits per heavy atom. The molecule has 27 heavy (non-hydrogen) atoms. The monoisotopic (exact) mass is 365 g/mol. The zero-order valence-electron chi connectivity index (χ0n) is 15.6. The number of nitrogens with zero attached hydrogens (tertiary/aromatic N) is 2. The van der Waals surface area contributed by atoms with Crippen molar-refractivity contribution >= 4 is 11.9 Å². The van der Waals surface area contributed by atoms with E-state index in [9.17, 15) is 9.90 Å². The van der Waals surface area contributed by atoms with Gasteiger partial charge >= 0.3 is 0 Å². The fourth-order valence-electron chi connectivity index (χ4n) is 3.71. The molecule has 2 aromatic rings. The maximum Gasteiger partial charge on any atom is 0.232 e. The first kappa shape index (κ1) is 17.7. The van der Waals surface area contributed by atoms with E-state index in [4.69, 9.17) is 4.74 Å². The second-order valence-electron chi connectivity index (χ2n) is 7.32. The van der Waals surface area contributed by atoms with Crippen molar-refractivity contribution in [2.45, 2.75) is 13.5 Å². The fraction of sp³-hybridized carbons (Fsp3) is 0.333. The van der Waals surface area contributed by atoms with Crippen LogP contribution < -0.4 is 14.7 Å². The molecule has 2 aliphatic heterocycles. The Morgan fingerprint density at radius 2 is 2.00 bits per heavy atom. The van der Waals surface area contributed by atoms with Crippen LogP contribution in [0.15, 0.2) is 36.4 Å². The number of benzene rings is 1. The molecule has 0 atom stereocenters. The topological polar surface area (TPSA) is 69.9 Å². The van der Waals surface area contributed by atoms with Gasteiger partial charge in [0.15, 0.2) is 5.76 Å². The van der Waals surface area contributed by atoms with Crippen molar-refractivity contribution in [2.75, 3.05) is 33.2 Å². The zero-order valence-corrected chi connectivity index (χ0v) is 15.6. The van der Waals surface area contributed by atoms with Crippen LogP contribution in [0, 0.1) is 6.92 Å². The van der Waals surface area contributed by atoms with Crippen LogP contribution in [0.1, 0.15) is 27.0 Å². The number of aryl methyl sites for hydroxylation is 1. The van der Waals surface area contributed by atoms with Crippen LogP contribution in [0.3, 0.4) is 0 Å². The predicted octanol–water partition coefficient (Wildman–Crippen LogP) is 0.410. The Labute approximate surface area is 158 Å². The summed E-state index contributed by atoms with van der Waals surface area (Å²) in [6.07, 6.45) is 5.05. The van der Waals surface area contributed by atoms with Gasteiger partial charge in [-0.2, -0.15) is 0 Å². The number of hydrogen-bond donors (Lipinski definition) is 1. The summed E-state index contributed by atoms with van der Waals surface area (Å²) >= 11 is 0. The first-order valence-corrected chi connectivity index (χ1v) is 9.23. The molecule has 1 N–H and O–H groups in total. The van der Waals surface area contributed by atoms with Gasteiger partial charge in [0.25, 0.3) is 0 Å². The van der Waals surface area contributed by atoms with Crippen molar-refractivity contribution in [3.63, 3.8) is 0 Å². The van der Waals surface area contributed by atoms with Crippen molar-refractivity contribution in [2.24, 2.45) is 0 Å². The molecule has 6 heteroatoms. The molecule has 0 radical (unpaired) electrons. The molecule has 1 fully saturated rings. The highest BCUT2D eigenvalue weighted by molar-refractivity contribution is 6.15. The van der Waals surface area contributed by atoms with Crippen molar-refractivity contribution in [3.8, 4) is 11.5 Å². The summed E-state index contributed by atoms with van der Waals surface area (Å²) in [5.41, 5.74) is 2.66. The Hall–Kier alpha value is -2.70. The summed E-state index contributed by atoms with van der Waals surface area (Å²) in [5, 5.41) is 12.7. The maximum absolute atomic E-state index is 12.9. The lowest BCUT2D eigenvalue weighted by Gasteiger charge is -2.31. The van der Waals surface area contributed by atoms with E-state index in [1.54, 1.807) is 31.5 Å². The number of carbonyl (C=O) groups is 1. The Morgan fingerprint density at radius 1 is 1.30 bits per heavy atom. The highest BCUT2D eigenvalue weighted by atomic mass is 16.5. The minimum absolute atomic E-state index is 0.0457. The molecule has 0 bridgehead atoms. The first-order chi connectivity index (χ1) is 13.0. The molecule has 0 spiro atoms. The third kappa shape index (κ3) is 3.46. The van der Waals surface area contributed by atoms with Crippen LogP contribution >= 0.6 is 0 Å². The third-order valence-corrected chi connectivity index (χ3v) is 5.33. The van der Waals surface area contributed by atoms with Crippen molar-refractivity contribution in [1.29, 1.82) is 0 Å². The van der Waals surface area contributed by atoms with Gasteiger partial charge in [-0.1, -0.05) is 11.8 Å². The molecule has 0 aliphatic carbocycles. The number of likely N-dealkylation sites (N-methyl/N-ethyl adjacent to an activating group) is 1. The van der Waals surface area contributed by atoms with Crippen LogP contribution in [0.25, 0.3) is 6.08 Å². The van der Waals surface area contributed by atoms with Crippen LogP contribution in [0.4, 0.5) is 0 Å². The minimum atomic E-state index is -0.158. The lowest BCUT2D eigenvalue weighted by molar-refractivity contribution is -0.918. The van der Waals surface area contributed by atoms with Gasteiger partial charge < -0.3 is 14.7 Å². The largest absolute Gasteiger partial charge is 0.872 e. The Kier molecular flexibility index (Phi) is 4.68. The summed E-state index contributed by atoms with van der Waals surface area (Å²) in [6.45, 7) is 6.35. The number of rotatable bonds is 3. The van der Waals surface area contributed by atoms with Gasteiger partial charge in [-0.25, -0.2) is 0 Å². The molecule has 140 valence electrons. The quantitative estimate of drug-likeness (QED) is 0.798. The molecule has 0 saturated carbocycles. The highest BCUT2D eigenvalue weighted by Gasteiger charge is 2.33. The first-order valence-electron chi connectivity index (χ1n) is 9.23. The Bertz CT molecular complexity index is 901. The number of pyridine rings is 1. The number of allylic oxidation sites excluding steroid dienone is 1. The van der Waals surface area contributed by atoms with Crippen molar-refractivity contribution in [3.05, 3.63) is 58.6 Å². The van der Waals surface area contributed by atoms with E-state index in [-0.39, 0.29) is 17.3 Å². The molecule has 0 unspecified atom stereocenters. The number of fused-ring (bicyclic) bond motifs is 1. The second kappa shape index (κ2) is 7.13. The summed E-state index contributed by atoms with van der Waals surface area (Å²) < 4.78 is 5.95. The predicted molar refractivity (Wildman–Crippen MR) is 99.7 cm³/mol. The fourth-order valence-corrected chi connectivity index (χ4v) is 3.71. The number of hydrogen-bond acceptors (Lipinski definition) is 5. The van der Waals surface area contributed by atoms with Gasteiger partial charge in [0.2, 0.25) is 5.78 Å². The number of ether oxygens (including phenoxy) is 1. The molecule has 1 aromatic heterocycles. The maximum atomic E-state index is 12.9. The molecule has 0 amide bonds. The van der Waals surface area contributed by atoms with Crippen LogP contribution in [-0.4, -0.2) is 48.9 Å². The number of piperazine rings is 1.